The van der Waals surface area contributed by atoms with E-state index >= 15 is 0 Å². The van der Waals surface area contributed by atoms with Crippen LogP contribution < -0.4 is 9.47 Å². The summed E-state index contributed by atoms with van der Waals surface area (Å²) in [6.45, 7) is 2.01. The van der Waals surface area contributed by atoms with Crippen molar-refractivity contribution in [2.24, 2.45) is 0 Å². The number of imide groups is 1. The molecule has 1 aromatic heterocycles. The van der Waals surface area contributed by atoms with Crippen LogP contribution in [-0.4, -0.2) is 47.4 Å². The molecule has 43 heavy (non-hydrogen) atoms. The number of cyclic esters (lactones) is 1. The van der Waals surface area contributed by atoms with Crippen molar-refractivity contribution in [3.05, 3.63) is 114 Å². The van der Waals surface area contributed by atoms with Crippen LogP contribution in [0.1, 0.15) is 41.6 Å². The van der Waals surface area contributed by atoms with E-state index in [-0.39, 0.29) is 25.5 Å². The van der Waals surface area contributed by atoms with E-state index in [4.69, 9.17) is 18.7 Å². The molecule has 0 bridgehead atoms. The number of carbonyl (C=O) groups is 2. The minimum Gasteiger partial charge on any atom is -0.490 e. The zero-order chi connectivity index (χ0) is 30.4. The van der Waals surface area contributed by atoms with Gasteiger partial charge in [0.05, 0.1) is 17.3 Å². The molecule has 1 aliphatic heterocycles. The molecule has 224 valence electrons. The molecular formula is C32H29F3N2O6. The van der Waals surface area contributed by atoms with Crippen LogP contribution in [0, 0.1) is 0 Å². The number of rotatable bonds is 11. The van der Waals surface area contributed by atoms with E-state index in [2.05, 4.69) is 5.16 Å². The van der Waals surface area contributed by atoms with Gasteiger partial charge in [-0.25, -0.2) is 9.69 Å². The Balaban J connectivity index is 1.21. The van der Waals surface area contributed by atoms with E-state index in [0.29, 0.717) is 23.6 Å². The third kappa shape index (κ3) is 7.54. The van der Waals surface area contributed by atoms with Gasteiger partial charge in [0.25, 0.3) is 0 Å². The van der Waals surface area contributed by atoms with Gasteiger partial charge in [0.15, 0.2) is 0 Å². The molecule has 1 fully saturated rings. The maximum atomic E-state index is 13.5. The summed E-state index contributed by atoms with van der Waals surface area (Å²) in [6.07, 6.45) is -3.65. The normalized spacial score (nSPS) is 16.4. The van der Waals surface area contributed by atoms with Crippen LogP contribution in [0.4, 0.5) is 18.0 Å². The number of carbonyl (C=O) groups excluding carboxylic acids is 2. The molecule has 11 heteroatoms. The number of hydrogen-bond donors (Lipinski definition) is 0. The van der Waals surface area contributed by atoms with Crippen LogP contribution >= 0.6 is 0 Å². The predicted molar refractivity (Wildman–Crippen MR) is 149 cm³/mol. The highest BCUT2D eigenvalue weighted by Crippen LogP contribution is 2.32. The fourth-order valence-electron chi connectivity index (χ4n) is 4.87. The number of aromatic nitrogens is 1. The van der Waals surface area contributed by atoms with Crippen molar-refractivity contribution in [3.8, 4) is 11.5 Å². The van der Waals surface area contributed by atoms with Crippen molar-refractivity contribution in [1.29, 1.82) is 0 Å². The Labute approximate surface area is 245 Å². The van der Waals surface area contributed by atoms with Crippen molar-refractivity contribution in [1.82, 2.24) is 10.1 Å². The number of halogens is 3. The van der Waals surface area contributed by atoms with Gasteiger partial charge >= 0.3 is 12.3 Å². The van der Waals surface area contributed by atoms with E-state index in [1.54, 1.807) is 37.3 Å². The summed E-state index contributed by atoms with van der Waals surface area (Å²) >= 11 is 0. The summed E-state index contributed by atoms with van der Waals surface area (Å²) in [4.78, 5) is 27.2. The molecule has 3 atom stereocenters. The minimum atomic E-state index is -4.41. The fourth-order valence-corrected chi connectivity index (χ4v) is 4.87. The second-order valence-electron chi connectivity index (χ2n) is 10.2. The lowest BCUT2D eigenvalue weighted by molar-refractivity contribution is -0.137. The monoisotopic (exact) mass is 594 g/mol. The van der Waals surface area contributed by atoms with E-state index < -0.39 is 35.9 Å². The number of nitrogens with zero attached hydrogens (tertiary/aromatic N) is 2. The smallest absolute Gasteiger partial charge is 0.416 e. The number of ether oxygens (including phenoxy) is 3. The van der Waals surface area contributed by atoms with E-state index in [1.165, 1.54) is 23.3 Å². The Morgan fingerprint density at radius 2 is 1.70 bits per heavy atom. The van der Waals surface area contributed by atoms with Gasteiger partial charge in [-0.05, 0) is 60.9 Å². The van der Waals surface area contributed by atoms with Gasteiger partial charge in [-0.3, -0.25) is 4.79 Å². The Morgan fingerprint density at radius 3 is 2.35 bits per heavy atom. The molecule has 3 aromatic carbocycles. The molecule has 1 unspecified atom stereocenters. The third-order valence-corrected chi connectivity index (χ3v) is 7.02. The highest BCUT2D eigenvalue weighted by atomic mass is 19.4. The van der Waals surface area contributed by atoms with E-state index in [1.807, 2.05) is 30.3 Å². The average Bonchev–Trinajstić information content (AvgIpc) is 3.66. The average molecular weight is 595 g/mol. The first-order valence-corrected chi connectivity index (χ1v) is 13.7. The zero-order valence-corrected chi connectivity index (χ0v) is 23.2. The third-order valence-electron chi connectivity index (χ3n) is 7.02. The number of alkyl halides is 3. The van der Waals surface area contributed by atoms with Gasteiger partial charge in [-0.2, -0.15) is 13.2 Å². The summed E-state index contributed by atoms with van der Waals surface area (Å²) < 4.78 is 60.1. The van der Waals surface area contributed by atoms with Crippen molar-refractivity contribution in [2.75, 3.05) is 13.2 Å². The fraction of sp³-hybridized carbons (Fsp3) is 0.281. The highest BCUT2D eigenvalue weighted by molar-refractivity contribution is 5.94. The van der Waals surface area contributed by atoms with Crippen LogP contribution in [-0.2, 0) is 22.1 Å². The second kappa shape index (κ2) is 13.0. The summed E-state index contributed by atoms with van der Waals surface area (Å²) in [5.41, 5.74) is 1.54. The van der Waals surface area contributed by atoms with Gasteiger partial charge in [-0.1, -0.05) is 47.6 Å². The molecule has 5 rings (SSSR count). The molecule has 1 aliphatic rings. The van der Waals surface area contributed by atoms with Gasteiger partial charge in [0.2, 0.25) is 5.91 Å². The van der Waals surface area contributed by atoms with Crippen LogP contribution in [0.3, 0.4) is 0 Å². The molecule has 0 N–H and O–H groups in total. The molecule has 0 aliphatic carbocycles. The topological polar surface area (TPSA) is 91.1 Å². The summed E-state index contributed by atoms with van der Waals surface area (Å²) in [7, 11) is 0. The van der Waals surface area contributed by atoms with Crippen molar-refractivity contribution >= 4 is 12.0 Å². The first kappa shape index (κ1) is 29.7. The largest absolute Gasteiger partial charge is 0.490 e. The minimum absolute atomic E-state index is 0.0366. The lowest BCUT2D eigenvalue weighted by Crippen LogP contribution is -2.40. The first-order chi connectivity index (χ1) is 20.7. The molecule has 0 spiro atoms. The van der Waals surface area contributed by atoms with Crippen molar-refractivity contribution < 1.29 is 41.5 Å². The Kier molecular flexibility index (Phi) is 8.98. The lowest BCUT2D eigenvalue weighted by atomic mass is 9.91. The summed E-state index contributed by atoms with van der Waals surface area (Å²) in [5, 5.41) is 4.05. The molecule has 0 radical (unpaired) electrons. The van der Waals surface area contributed by atoms with Crippen LogP contribution in [0.25, 0.3) is 0 Å². The van der Waals surface area contributed by atoms with Gasteiger partial charge in [0, 0.05) is 18.4 Å². The number of hydrogen-bond acceptors (Lipinski definition) is 7. The maximum Gasteiger partial charge on any atom is 0.416 e. The second-order valence-corrected chi connectivity index (χ2v) is 10.2. The maximum absolute atomic E-state index is 13.5. The standard InChI is InChI=1S/C32H29F3N2O6/c1-21(43-27-13-9-24(10-14-27)32(33,34)35)19-40-26-11-7-23(8-12-26)28(29-15-16-42-36-29)18-30(38)37-25(20-41-31(37)39)17-22-5-3-2-4-6-22/h2-16,21,25,28H,17-20H2,1H3/t21-,25-,28?/m0/s1. The quantitative estimate of drug-likeness (QED) is 0.192. The lowest BCUT2D eigenvalue weighted by Gasteiger charge is -2.22. The highest BCUT2D eigenvalue weighted by Gasteiger charge is 2.39. The van der Waals surface area contributed by atoms with Crippen molar-refractivity contribution in [3.63, 3.8) is 0 Å². The Bertz CT molecular complexity index is 1490. The predicted octanol–water partition coefficient (Wildman–Crippen LogP) is 6.65. The van der Waals surface area contributed by atoms with Crippen LogP contribution in [0.2, 0.25) is 0 Å². The van der Waals surface area contributed by atoms with Crippen LogP contribution in [0.5, 0.6) is 11.5 Å². The first-order valence-electron chi connectivity index (χ1n) is 13.7. The molecule has 2 amide bonds. The number of benzene rings is 3. The zero-order valence-electron chi connectivity index (χ0n) is 23.2. The van der Waals surface area contributed by atoms with Crippen molar-refractivity contribution in [2.45, 2.75) is 44.0 Å². The van der Waals surface area contributed by atoms with Crippen LogP contribution in [0.15, 0.2) is 95.7 Å². The van der Waals surface area contributed by atoms with E-state index in [9.17, 15) is 22.8 Å². The van der Waals surface area contributed by atoms with E-state index in [0.717, 1.165) is 23.3 Å². The summed E-state index contributed by atoms with van der Waals surface area (Å²) in [5.74, 6) is -0.0469. The SMILES string of the molecule is C[C@@H](COc1ccc(C(CC(=O)N2C(=O)OC[C@@H]2Cc2ccccc2)c2ccon2)cc1)Oc1ccc(C(F)(F)F)cc1. The molecular weight excluding hydrogens is 565 g/mol. The van der Waals surface area contributed by atoms with Gasteiger partial charge < -0.3 is 18.7 Å². The molecule has 0 saturated carbocycles. The Morgan fingerprint density at radius 1 is 1.00 bits per heavy atom. The molecule has 4 aromatic rings. The number of amides is 2. The molecule has 2 heterocycles. The molecule has 8 nitrogen and oxygen atoms in total. The van der Waals surface area contributed by atoms with Gasteiger partial charge in [0.1, 0.15) is 37.1 Å². The Hall–Kier alpha value is -4.80. The summed E-state index contributed by atoms with van der Waals surface area (Å²) in [6, 6.07) is 22.4. The molecule has 1 saturated heterocycles. The van der Waals surface area contributed by atoms with Gasteiger partial charge in [-0.15, -0.1) is 0 Å².